The van der Waals surface area contributed by atoms with E-state index in [4.69, 9.17) is 4.84 Å². The maximum Gasteiger partial charge on any atom is 0.322 e. The van der Waals surface area contributed by atoms with Gasteiger partial charge in [-0.05, 0) is 35.2 Å². The Bertz CT molecular complexity index is 1380. The molecule has 1 aliphatic rings. The van der Waals surface area contributed by atoms with Gasteiger partial charge in [-0.3, -0.25) is 0 Å². The number of rotatable bonds is 6. The van der Waals surface area contributed by atoms with Crippen molar-refractivity contribution in [2.45, 2.75) is 19.1 Å². The molecule has 35 heavy (non-hydrogen) atoms. The monoisotopic (exact) mass is 471 g/mol. The van der Waals surface area contributed by atoms with Crippen LogP contribution in [0.4, 0.5) is 19.3 Å². The highest BCUT2D eigenvalue weighted by molar-refractivity contribution is 6.02. The van der Waals surface area contributed by atoms with Gasteiger partial charge in [0.05, 0.1) is 17.9 Å². The van der Waals surface area contributed by atoms with Gasteiger partial charge in [-0.25, -0.2) is 13.6 Å². The molecule has 0 saturated carbocycles. The second-order valence-corrected chi connectivity index (χ2v) is 8.41. The Morgan fingerprint density at radius 3 is 2.51 bits per heavy atom. The maximum atomic E-state index is 14.2. The third-order valence-corrected chi connectivity index (χ3v) is 5.95. The van der Waals surface area contributed by atoms with Crippen molar-refractivity contribution in [3.63, 3.8) is 0 Å². The highest BCUT2D eigenvalue weighted by Crippen LogP contribution is 2.25. The number of anilines is 1. The van der Waals surface area contributed by atoms with Gasteiger partial charge in [-0.1, -0.05) is 71.9 Å². The summed E-state index contributed by atoms with van der Waals surface area (Å²) in [5.74, 6) is -0.713. The molecule has 0 aromatic heterocycles. The fraction of sp³-hybridized carbons (Fsp3) is 0.143. The minimum Gasteiger partial charge on any atom is -0.390 e. The zero-order valence-electron chi connectivity index (χ0n) is 18.8. The number of carbonyl (C=O) groups excluding carboxylic acids is 1. The Hall–Kier alpha value is -4.26. The van der Waals surface area contributed by atoms with E-state index in [9.17, 15) is 13.6 Å². The summed E-state index contributed by atoms with van der Waals surface area (Å²) in [4.78, 5) is 20.6. The van der Waals surface area contributed by atoms with E-state index in [1.807, 2.05) is 42.5 Å². The molecule has 0 aliphatic carbocycles. The summed E-state index contributed by atoms with van der Waals surface area (Å²) in [6.07, 6.45) is -0.0779. The Kier molecular flexibility index (Phi) is 6.39. The Morgan fingerprint density at radius 1 is 0.943 bits per heavy atom. The van der Waals surface area contributed by atoms with Crippen LogP contribution in [0.15, 0.2) is 96.2 Å². The van der Waals surface area contributed by atoms with Crippen molar-refractivity contribution < 1.29 is 18.4 Å². The van der Waals surface area contributed by atoms with Crippen molar-refractivity contribution in [2.75, 3.05) is 11.9 Å². The number of fused-ring (bicyclic) bond motifs is 1. The number of nitrogens with one attached hydrogen (secondary N) is 1. The molecule has 4 aromatic rings. The highest BCUT2D eigenvalue weighted by atomic mass is 19.1. The number of oxime groups is 1. The summed E-state index contributed by atoms with van der Waals surface area (Å²) >= 11 is 0. The van der Waals surface area contributed by atoms with E-state index in [1.54, 1.807) is 35.2 Å². The van der Waals surface area contributed by atoms with E-state index >= 15 is 0 Å². The van der Waals surface area contributed by atoms with Gasteiger partial charge in [0.25, 0.3) is 0 Å². The second kappa shape index (κ2) is 9.93. The molecule has 0 saturated heterocycles. The third kappa shape index (κ3) is 5.14. The molecule has 1 N–H and O–H groups in total. The lowest BCUT2D eigenvalue weighted by molar-refractivity contribution is 0.0608. The first-order valence-electron chi connectivity index (χ1n) is 11.3. The zero-order chi connectivity index (χ0) is 24.2. The molecule has 0 radical (unpaired) electrons. The molecule has 176 valence electrons. The maximum absolute atomic E-state index is 14.2. The molecule has 0 spiro atoms. The number of halogens is 2. The number of hydrogen-bond donors (Lipinski definition) is 1. The molecule has 0 unspecified atom stereocenters. The van der Waals surface area contributed by atoms with E-state index in [-0.39, 0.29) is 30.8 Å². The van der Waals surface area contributed by atoms with Gasteiger partial charge >= 0.3 is 6.03 Å². The van der Waals surface area contributed by atoms with Crippen LogP contribution in [-0.2, 0) is 11.4 Å². The molecular weight excluding hydrogens is 448 g/mol. The largest absolute Gasteiger partial charge is 0.390 e. The van der Waals surface area contributed by atoms with E-state index in [2.05, 4.69) is 10.5 Å². The number of benzene rings is 4. The van der Waals surface area contributed by atoms with Crippen LogP contribution >= 0.6 is 0 Å². The molecule has 0 fully saturated rings. The van der Waals surface area contributed by atoms with E-state index < -0.39 is 6.10 Å². The van der Waals surface area contributed by atoms with Crippen molar-refractivity contribution in [3.8, 4) is 0 Å². The van der Waals surface area contributed by atoms with E-state index in [1.165, 1.54) is 18.2 Å². The molecule has 2 amide bonds. The number of nitrogens with zero attached hydrogens (tertiary/aromatic N) is 2. The van der Waals surface area contributed by atoms with Crippen molar-refractivity contribution in [3.05, 3.63) is 114 Å². The lowest BCUT2D eigenvalue weighted by atomic mass is 10.0. The lowest BCUT2D eigenvalue weighted by Gasteiger charge is -2.25. The average Bonchev–Trinajstić information content (AvgIpc) is 3.34. The lowest BCUT2D eigenvalue weighted by Crippen LogP contribution is -2.40. The minimum absolute atomic E-state index is 0.218. The van der Waals surface area contributed by atoms with Crippen molar-refractivity contribution in [2.24, 2.45) is 5.16 Å². The number of urea groups is 1. The van der Waals surface area contributed by atoms with Crippen LogP contribution in [0.25, 0.3) is 10.8 Å². The summed E-state index contributed by atoms with van der Waals surface area (Å²) in [6, 6.07) is 25.6. The smallest absolute Gasteiger partial charge is 0.322 e. The van der Waals surface area contributed by atoms with Gasteiger partial charge < -0.3 is 15.1 Å². The van der Waals surface area contributed by atoms with Gasteiger partial charge in [-0.2, -0.15) is 0 Å². The molecular formula is C28H23F2N3O2. The summed E-state index contributed by atoms with van der Waals surface area (Å²) in [7, 11) is 0. The van der Waals surface area contributed by atoms with Crippen LogP contribution in [0.1, 0.15) is 17.5 Å². The average molecular weight is 472 g/mol. The molecule has 5 rings (SSSR count). The quantitative estimate of drug-likeness (QED) is 0.357. The summed E-state index contributed by atoms with van der Waals surface area (Å²) in [5.41, 5.74) is 2.35. The van der Waals surface area contributed by atoms with Gasteiger partial charge in [0.2, 0.25) is 0 Å². The number of amides is 2. The van der Waals surface area contributed by atoms with Crippen molar-refractivity contribution >= 4 is 28.2 Å². The summed E-state index contributed by atoms with van der Waals surface area (Å²) in [6.45, 7) is 0.460. The van der Waals surface area contributed by atoms with Gasteiger partial charge in [0, 0.05) is 23.9 Å². The first kappa shape index (κ1) is 22.5. The van der Waals surface area contributed by atoms with Crippen LogP contribution in [-0.4, -0.2) is 29.3 Å². The van der Waals surface area contributed by atoms with Gasteiger partial charge in [0.15, 0.2) is 6.10 Å². The van der Waals surface area contributed by atoms with Crippen molar-refractivity contribution in [1.29, 1.82) is 0 Å². The summed E-state index contributed by atoms with van der Waals surface area (Å²) in [5, 5.41) is 9.01. The Balaban J connectivity index is 1.35. The minimum atomic E-state index is -0.441. The molecule has 0 bridgehead atoms. The normalized spacial score (nSPS) is 14.9. The van der Waals surface area contributed by atoms with Crippen LogP contribution in [0.5, 0.6) is 0 Å². The second-order valence-electron chi connectivity index (χ2n) is 8.41. The topological polar surface area (TPSA) is 53.9 Å². The van der Waals surface area contributed by atoms with Crippen LogP contribution in [0.2, 0.25) is 0 Å². The predicted molar refractivity (Wildman–Crippen MR) is 132 cm³/mol. The molecule has 1 heterocycles. The highest BCUT2D eigenvalue weighted by Gasteiger charge is 2.28. The van der Waals surface area contributed by atoms with Gasteiger partial charge in [-0.15, -0.1) is 0 Å². The van der Waals surface area contributed by atoms with Crippen LogP contribution < -0.4 is 5.32 Å². The Labute approximate surface area is 201 Å². The van der Waals surface area contributed by atoms with Crippen molar-refractivity contribution in [1.82, 2.24) is 4.90 Å². The standard InChI is InChI=1S/C28H23F2N3O2/c29-21-14-12-19(13-15-21)17-33(18-22-16-27(32-35-22)24-9-3-4-10-25(24)30)28(34)31-26-11-5-7-20-6-1-2-8-23(20)26/h1-15,22H,16-18H2,(H,31,34)/t22-/m0/s1. The van der Waals surface area contributed by atoms with Crippen LogP contribution in [0, 0.1) is 11.6 Å². The zero-order valence-corrected chi connectivity index (χ0v) is 18.8. The fourth-order valence-electron chi connectivity index (χ4n) is 4.18. The molecule has 1 atom stereocenters. The molecule has 5 nitrogen and oxygen atoms in total. The van der Waals surface area contributed by atoms with E-state index in [0.717, 1.165) is 16.3 Å². The number of hydrogen-bond acceptors (Lipinski definition) is 3. The fourth-order valence-corrected chi connectivity index (χ4v) is 4.18. The first-order chi connectivity index (χ1) is 17.1. The third-order valence-electron chi connectivity index (χ3n) is 5.95. The molecule has 4 aromatic carbocycles. The van der Waals surface area contributed by atoms with Gasteiger partial charge in [0.1, 0.15) is 11.6 Å². The Morgan fingerprint density at radius 2 is 1.69 bits per heavy atom. The molecule has 1 aliphatic heterocycles. The molecule has 7 heteroatoms. The van der Waals surface area contributed by atoms with E-state index in [0.29, 0.717) is 23.4 Å². The SMILES string of the molecule is O=C(Nc1cccc2ccccc12)N(Cc1ccc(F)cc1)C[C@@H]1CC(c2ccccc2F)=NO1. The summed E-state index contributed by atoms with van der Waals surface area (Å²) < 4.78 is 27.6. The predicted octanol–water partition coefficient (Wildman–Crippen LogP) is 6.35. The van der Waals surface area contributed by atoms with Crippen LogP contribution in [0.3, 0.4) is 0 Å². The number of carbonyl (C=O) groups is 1. The first-order valence-corrected chi connectivity index (χ1v) is 11.3.